The van der Waals surface area contributed by atoms with Crippen LogP contribution in [0.15, 0.2) is 169 Å². The van der Waals surface area contributed by atoms with Crippen molar-refractivity contribution >= 4 is 96.7 Å². The summed E-state index contributed by atoms with van der Waals surface area (Å²) in [6, 6.07) is 59.1. The fraction of sp³-hybridized carbons (Fsp3) is 0. The maximum Gasteiger partial charge on any atom is 0.236 e. The maximum atomic E-state index is 5.44. The zero-order valence-corrected chi connectivity index (χ0v) is 30.4. The van der Waals surface area contributed by atoms with E-state index in [2.05, 4.69) is 178 Å². The Kier molecular flexibility index (Phi) is 6.34. The quantitative estimate of drug-likeness (QED) is 0.181. The second-order valence-electron chi connectivity index (χ2n) is 13.8. The lowest BCUT2D eigenvalue weighted by Crippen LogP contribution is -2.02. The average Bonchev–Trinajstić information content (AvgIpc) is 4.01. The van der Waals surface area contributed by atoms with Crippen molar-refractivity contribution in [3.8, 4) is 34.0 Å². The molecule has 0 bridgehead atoms. The summed E-state index contributed by atoms with van der Waals surface area (Å²) < 4.78 is 7.16. The minimum absolute atomic E-state index is 0.687. The van der Waals surface area contributed by atoms with E-state index >= 15 is 0 Å². The van der Waals surface area contributed by atoms with Gasteiger partial charge in [0.25, 0.3) is 0 Å². The van der Waals surface area contributed by atoms with Crippen LogP contribution in [0, 0.1) is 0 Å². The van der Waals surface area contributed by atoms with Gasteiger partial charge in [-0.05, 0) is 77.2 Å². The number of aromatic nitrogens is 4. The van der Waals surface area contributed by atoms with Crippen LogP contribution >= 0.6 is 22.7 Å². The molecule has 0 atom stereocenters. The van der Waals surface area contributed by atoms with Crippen molar-refractivity contribution in [3.63, 3.8) is 0 Å². The Labute approximate surface area is 317 Å². The van der Waals surface area contributed by atoms with E-state index < -0.39 is 0 Å². The van der Waals surface area contributed by atoms with Crippen LogP contribution < -0.4 is 0 Å². The van der Waals surface area contributed by atoms with Crippen LogP contribution in [0.5, 0.6) is 0 Å². The predicted octanol–water partition coefficient (Wildman–Crippen LogP) is 13.6. The van der Waals surface area contributed by atoms with Crippen molar-refractivity contribution in [1.29, 1.82) is 0 Å². The average molecular weight is 725 g/mol. The molecule has 12 aromatic rings. The zero-order chi connectivity index (χ0) is 35.3. The molecule has 252 valence electrons. The first-order valence-electron chi connectivity index (χ1n) is 18.1. The van der Waals surface area contributed by atoms with Crippen LogP contribution in [0.25, 0.3) is 108 Å². The molecule has 0 N–H and O–H groups in total. The van der Waals surface area contributed by atoms with Gasteiger partial charge in [-0.3, -0.25) is 4.57 Å². The molecular weight excluding hydrogens is 697 g/mol. The van der Waals surface area contributed by atoms with Gasteiger partial charge in [-0.25, -0.2) is 9.97 Å². The van der Waals surface area contributed by atoms with Gasteiger partial charge in [0.2, 0.25) is 5.95 Å². The summed E-state index contributed by atoms with van der Waals surface area (Å²) in [5, 5.41) is 10.6. The van der Waals surface area contributed by atoms with E-state index in [0.29, 0.717) is 5.95 Å². The van der Waals surface area contributed by atoms with Crippen molar-refractivity contribution in [2.75, 3.05) is 0 Å². The molecule has 0 fully saturated rings. The molecule has 0 aliphatic heterocycles. The lowest BCUT2D eigenvalue weighted by Gasteiger charge is -2.11. The summed E-state index contributed by atoms with van der Waals surface area (Å²) >= 11 is 3.51. The van der Waals surface area contributed by atoms with Crippen molar-refractivity contribution < 1.29 is 0 Å². The molecule has 5 aromatic heterocycles. The van der Waals surface area contributed by atoms with Gasteiger partial charge in [0, 0.05) is 58.4 Å². The summed E-state index contributed by atoms with van der Waals surface area (Å²) in [6.45, 7) is 0. The summed E-state index contributed by atoms with van der Waals surface area (Å²) in [6.07, 6.45) is 0. The number of nitrogens with zero attached hydrogens (tertiary/aromatic N) is 4. The van der Waals surface area contributed by atoms with Crippen LogP contribution in [0.2, 0.25) is 0 Å². The highest BCUT2D eigenvalue weighted by Crippen LogP contribution is 2.43. The first-order valence-corrected chi connectivity index (χ1v) is 19.8. The van der Waals surface area contributed by atoms with Crippen LogP contribution in [0.1, 0.15) is 0 Å². The SMILES string of the molecule is c1ccc(-n2c3ccccc3c3cc(-c4ccc5c(c4)c4ccccc4n5-c4nc(-c5cccc6c5sc5ccccc56)c5ccsc5n4)ccc32)cc1. The number of hydrogen-bond donors (Lipinski definition) is 0. The smallest absolute Gasteiger partial charge is 0.236 e. The lowest BCUT2D eigenvalue weighted by atomic mass is 10.0. The summed E-state index contributed by atoms with van der Waals surface area (Å²) in [5.41, 5.74) is 10.2. The van der Waals surface area contributed by atoms with Crippen LogP contribution in [0.4, 0.5) is 0 Å². The predicted molar refractivity (Wildman–Crippen MR) is 230 cm³/mol. The third kappa shape index (κ3) is 4.29. The topological polar surface area (TPSA) is 35.6 Å². The fourth-order valence-corrected chi connectivity index (χ4v) is 10.4. The molecule has 7 aromatic carbocycles. The van der Waals surface area contributed by atoms with Gasteiger partial charge in [0.1, 0.15) is 4.83 Å². The first-order chi connectivity index (χ1) is 26.8. The Morgan fingerprint density at radius 3 is 1.80 bits per heavy atom. The zero-order valence-electron chi connectivity index (χ0n) is 28.8. The van der Waals surface area contributed by atoms with E-state index in [-0.39, 0.29) is 0 Å². The standard InChI is InChI=1S/C48H28N4S2/c1-2-11-31(12-3-1)51-40-18-7-4-13-32(40)38-27-29(21-23-42(38)51)30-22-24-43-39(28-30)33-14-5-8-19-41(33)52(43)48-49-45(37-25-26-53-47(37)50-48)36-17-10-16-35-34-15-6-9-20-44(34)54-46(35)36/h1-28H. The van der Waals surface area contributed by atoms with Gasteiger partial charge in [-0.15, -0.1) is 22.7 Å². The highest BCUT2D eigenvalue weighted by atomic mass is 32.1. The van der Waals surface area contributed by atoms with Gasteiger partial charge < -0.3 is 4.57 Å². The monoisotopic (exact) mass is 724 g/mol. The maximum absolute atomic E-state index is 5.44. The van der Waals surface area contributed by atoms with Gasteiger partial charge >= 0.3 is 0 Å². The van der Waals surface area contributed by atoms with E-state index in [1.807, 2.05) is 11.3 Å². The Balaban J connectivity index is 1.06. The first kappa shape index (κ1) is 29.9. The van der Waals surface area contributed by atoms with E-state index in [1.165, 1.54) is 63.9 Å². The fourth-order valence-electron chi connectivity index (χ4n) is 8.46. The Bertz CT molecular complexity index is 3460. The Morgan fingerprint density at radius 1 is 0.426 bits per heavy atom. The van der Waals surface area contributed by atoms with Gasteiger partial charge in [0.15, 0.2) is 0 Å². The van der Waals surface area contributed by atoms with E-state index in [4.69, 9.17) is 9.97 Å². The highest BCUT2D eigenvalue weighted by Gasteiger charge is 2.21. The molecule has 0 spiro atoms. The molecule has 12 rings (SSSR count). The molecule has 0 radical (unpaired) electrons. The summed E-state index contributed by atoms with van der Waals surface area (Å²) in [7, 11) is 0. The molecule has 54 heavy (non-hydrogen) atoms. The third-order valence-electron chi connectivity index (χ3n) is 10.9. The number of para-hydroxylation sites is 3. The molecule has 5 heterocycles. The van der Waals surface area contributed by atoms with E-state index in [0.717, 1.165) is 38.2 Å². The number of thiophene rings is 2. The third-order valence-corrected chi connectivity index (χ3v) is 12.9. The van der Waals surface area contributed by atoms with Gasteiger partial charge in [-0.2, -0.15) is 0 Å². The molecule has 0 saturated heterocycles. The summed E-state index contributed by atoms with van der Waals surface area (Å²) in [5.74, 6) is 0.687. The van der Waals surface area contributed by atoms with Crippen molar-refractivity contribution in [3.05, 3.63) is 169 Å². The minimum Gasteiger partial charge on any atom is -0.309 e. The molecule has 4 nitrogen and oxygen atoms in total. The molecule has 0 aliphatic rings. The summed E-state index contributed by atoms with van der Waals surface area (Å²) in [4.78, 5) is 11.7. The van der Waals surface area contributed by atoms with Crippen LogP contribution in [-0.4, -0.2) is 19.1 Å². The Hall–Kier alpha value is -6.60. The number of rotatable bonds is 4. The van der Waals surface area contributed by atoms with E-state index in [9.17, 15) is 0 Å². The molecule has 0 unspecified atom stereocenters. The molecule has 6 heteroatoms. The second kappa shape index (κ2) is 11.4. The normalized spacial score (nSPS) is 12.1. The highest BCUT2D eigenvalue weighted by molar-refractivity contribution is 7.26. The number of hydrogen-bond acceptors (Lipinski definition) is 4. The van der Waals surface area contributed by atoms with E-state index in [1.54, 1.807) is 11.3 Å². The van der Waals surface area contributed by atoms with Gasteiger partial charge in [-0.1, -0.05) is 103 Å². The van der Waals surface area contributed by atoms with Crippen molar-refractivity contribution in [2.24, 2.45) is 0 Å². The van der Waals surface area contributed by atoms with Crippen LogP contribution in [0.3, 0.4) is 0 Å². The number of fused-ring (bicyclic) bond motifs is 10. The molecule has 0 amide bonds. The minimum atomic E-state index is 0.687. The molecule has 0 saturated carbocycles. The van der Waals surface area contributed by atoms with Crippen molar-refractivity contribution in [1.82, 2.24) is 19.1 Å². The van der Waals surface area contributed by atoms with Gasteiger partial charge in [0.05, 0.1) is 27.8 Å². The largest absolute Gasteiger partial charge is 0.309 e. The Morgan fingerprint density at radius 2 is 1.04 bits per heavy atom. The second-order valence-corrected chi connectivity index (χ2v) is 15.7. The number of benzene rings is 7. The lowest BCUT2D eigenvalue weighted by molar-refractivity contribution is 1.02. The molecular formula is C48H28N4S2. The molecule has 0 aliphatic carbocycles. The van der Waals surface area contributed by atoms with Crippen LogP contribution in [-0.2, 0) is 0 Å². The van der Waals surface area contributed by atoms with Crippen molar-refractivity contribution in [2.45, 2.75) is 0 Å².